The van der Waals surface area contributed by atoms with E-state index >= 15 is 0 Å². The number of rotatable bonds is 2. The summed E-state index contributed by atoms with van der Waals surface area (Å²) in [6, 6.07) is 21.9. The van der Waals surface area contributed by atoms with Gasteiger partial charge in [0.05, 0.1) is 6.61 Å². The van der Waals surface area contributed by atoms with E-state index in [0.717, 1.165) is 19.6 Å². The van der Waals surface area contributed by atoms with Gasteiger partial charge < -0.3 is 9.64 Å². The number of hydrogen-bond acceptors (Lipinski definition) is 2. The molecule has 2 aromatic rings. The van der Waals surface area contributed by atoms with Gasteiger partial charge in [0.2, 0.25) is 0 Å². The summed E-state index contributed by atoms with van der Waals surface area (Å²) in [7, 11) is 0. The van der Waals surface area contributed by atoms with E-state index in [0.29, 0.717) is 11.8 Å². The molecule has 0 unspecified atom stereocenters. The predicted molar refractivity (Wildman–Crippen MR) is 101 cm³/mol. The van der Waals surface area contributed by atoms with Gasteiger partial charge in [-0.15, -0.1) is 0 Å². The maximum Gasteiger partial charge on any atom is 0.145 e. The topological polar surface area (TPSA) is 12.5 Å². The fraction of sp³-hybridized carbons (Fsp3) is 0.391. The maximum atomic E-state index is 6.54. The lowest BCUT2D eigenvalue weighted by Crippen LogP contribution is -2.55. The second kappa shape index (κ2) is 6.03. The molecule has 3 atom stereocenters. The molecule has 2 aromatic carbocycles. The molecule has 0 bridgehead atoms. The molecule has 1 saturated carbocycles. The third-order valence-electron chi connectivity index (χ3n) is 6.32. The summed E-state index contributed by atoms with van der Waals surface area (Å²) in [4.78, 5) is 2.59. The van der Waals surface area contributed by atoms with Crippen LogP contribution in [0.3, 0.4) is 0 Å². The van der Waals surface area contributed by atoms with Crippen molar-refractivity contribution >= 4 is 5.70 Å². The molecular formula is C23H25NO. The van der Waals surface area contributed by atoms with Crippen molar-refractivity contribution in [3.63, 3.8) is 0 Å². The van der Waals surface area contributed by atoms with Crippen LogP contribution in [-0.2, 0) is 4.74 Å². The van der Waals surface area contributed by atoms with Gasteiger partial charge in [0.25, 0.3) is 0 Å². The number of hydrogen-bond donors (Lipinski definition) is 0. The number of allylic oxidation sites excluding steroid dienone is 1. The van der Waals surface area contributed by atoms with E-state index in [2.05, 4.69) is 71.6 Å². The highest BCUT2D eigenvalue weighted by atomic mass is 16.5. The molecule has 5 rings (SSSR count). The van der Waals surface area contributed by atoms with Gasteiger partial charge in [-0.1, -0.05) is 73.2 Å². The van der Waals surface area contributed by atoms with Crippen LogP contribution in [0.15, 0.2) is 66.7 Å². The van der Waals surface area contributed by atoms with Crippen molar-refractivity contribution < 1.29 is 4.74 Å². The van der Waals surface area contributed by atoms with Gasteiger partial charge >= 0.3 is 0 Å². The molecule has 1 aliphatic carbocycles. The van der Waals surface area contributed by atoms with E-state index in [1.165, 1.54) is 36.1 Å². The highest BCUT2D eigenvalue weighted by Crippen LogP contribution is 2.55. The van der Waals surface area contributed by atoms with Crippen molar-refractivity contribution in [2.24, 2.45) is 5.92 Å². The summed E-state index contributed by atoms with van der Waals surface area (Å²) < 4.78 is 6.54. The van der Waals surface area contributed by atoms with Gasteiger partial charge in [-0.05, 0) is 30.4 Å². The lowest BCUT2D eigenvalue weighted by Gasteiger charge is -2.53. The Kier molecular flexibility index (Phi) is 3.67. The minimum absolute atomic E-state index is 0.0985. The van der Waals surface area contributed by atoms with Crippen molar-refractivity contribution in [2.45, 2.75) is 37.3 Å². The Morgan fingerprint density at radius 3 is 2.48 bits per heavy atom. The number of ether oxygens (including phenoxy) is 1. The SMILES string of the molecule is C1=C(c2ccccc2)N2CCO[C@]23CCCC[C@H]3[C@@H]1c1ccccc1. The first-order valence-corrected chi connectivity index (χ1v) is 9.62. The van der Waals surface area contributed by atoms with Gasteiger partial charge in [0.1, 0.15) is 5.72 Å². The molecule has 1 spiro atoms. The number of nitrogens with zero attached hydrogens (tertiary/aromatic N) is 1. The van der Waals surface area contributed by atoms with Crippen molar-refractivity contribution in [3.8, 4) is 0 Å². The Hall–Kier alpha value is -2.06. The molecule has 0 N–H and O–H groups in total. The number of benzene rings is 2. The first-order chi connectivity index (χ1) is 12.4. The minimum Gasteiger partial charge on any atom is -0.353 e. The molecule has 3 aliphatic rings. The standard InChI is InChI=1S/C23H25NO/c1-3-9-18(10-4-1)20-17-22(19-11-5-2-6-12-19)24-15-16-25-23(24)14-8-7-13-21(20)23/h1-6,9-12,17,20-21H,7-8,13-16H2/t20-,21-,23-/m0/s1. The largest absolute Gasteiger partial charge is 0.353 e. The second-order valence-corrected chi connectivity index (χ2v) is 7.55. The van der Waals surface area contributed by atoms with Crippen LogP contribution in [-0.4, -0.2) is 23.8 Å². The van der Waals surface area contributed by atoms with E-state index in [1.807, 2.05) is 0 Å². The van der Waals surface area contributed by atoms with Gasteiger partial charge in [-0.25, -0.2) is 0 Å². The Morgan fingerprint density at radius 2 is 1.68 bits per heavy atom. The molecule has 0 amide bonds. The van der Waals surface area contributed by atoms with E-state index in [1.54, 1.807) is 0 Å². The van der Waals surface area contributed by atoms with Crippen LogP contribution in [0.4, 0.5) is 0 Å². The van der Waals surface area contributed by atoms with Crippen LogP contribution in [0.5, 0.6) is 0 Å². The van der Waals surface area contributed by atoms with Crippen LogP contribution >= 0.6 is 0 Å². The fourth-order valence-corrected chi connectivity index (χ4v) is 5.27. The summed E-state index contributed by atoms with van der Waals surface area (Å²) >= 11 is 0. The Balaban J connectivity index is 1.68. The average Bonchev–Trinajstić information content (AvgIpc) is 3.11. The molecule has 2 heteroatoms. The summed E-state index contributed by atoms with van der Waals surface area (Å²) in [5.74, 6) is 0.990. The van der Waals surface area contributed by atoms with Gasteiger partial charge in [0.15, 0.2) is 0 Å². The first kappa shape index (κ1) is 15.2. The van der Waals surface area contributed by atoms with Crippen molar-refractivity contribution in [1.82, 2.24) is 4.90 Å². The van der Waals surface area contributed by atoms with E-state index < -0.39 is 0 Å². The van der Waals surface area contributed by atoms with Crippen molar-refractivity contribution in [1.29, 1.82) is 0 Å². The molecular weight excluding hydrogens is 306 g/mol. The van der Waals surface area contributed by atoms with Gasteiger partial charge in [-0.3, -0.25) is 0 Å². The van der Waals surface area contributed by atoms with Gasteiger partial charge in [0, 0.05) is 24.1 Å². The zero-order valence-corrected chi connectivity index (χ0v) is 14.6. The summed E-state index contributed by atoms with van der Waals surface area (Å²) in [6.45, 7) is 1.86. The lowest BCUT2D eigenvalue weighted by atomic mass is 9.68. The molecule has 2 fully saturated rings. The zero-order chi connectivity index (χ0) is 16.7. The minimum atomic E-state index is -0.0985. The quantitative estimate of drug-likeness (QED) is 0.764. The summed E-state index contributed by atoms with van der Waals surface area (Å²) in [5, 5.41) is 0. The smallest absolute Gasteiger partial charge is 0.145 e. The Morgan fingerprint density at radius 1 is 0.920 bits per heavy atom. The first-order valence-electron chi connectivity index (χ1n) is 9.62. The van der Waals surface area contributed by atoms with Crippen LogP contribution in [0.2, 0.25) is 0 Å². The van der Waals surface area contributed by atoms with Crippen LogP contribution < -0.4 is 0 Å². The second-order valence-electron chi connectivity index (χ2n) is 7.55. The maximum absolute atomic E-state index is 6.54. The van der Waals surface area contributed by atoms with Crippen LogP contribution in [0.1, 0.15) is 42.7 Å². The molecule has 0 aromatic heterocycles. The fourth-order valence-electron chi connectivity index (χ4n) is 5.27. The highest BCUT2D eigenvalue weighted by molar-refractivity contribution is 5.67. The van der Waals surface area contributed by atoms with E-state index in [9.17, 15) is 0 Å². The summed E-state index contributed by atoms with van der Waals surface area (Å²) in [5.41, 5.74) is 4.01. The lowest BCUT2D eigenvalue weighted by molar-refractivity contribution is -0.136. The molecule has 2 aliphatic heterocycles. The monoisotopic (exact) mass is 331 g/mol. The molecule has 128 valence electrons. The molecule has 1 saturated heterocycles. The normalized spacial score (nSPS) is 31.2. The van der Waals surface area contributed by atoms with Crippen molar-refractivity contribution in [3.05, 3.63) is 77.9 Å². The predicted octanol–water partition coefficient (Wildman–Crippen LogP) is 5.04. The van der Waals surface area contributed by atoms with Crippen molar-refractivity contribution in [2.75, 3.05) is 13.2 Å². The van der Waals surface area contributed by atoms with Gasteiger partial charge in [-0.2, -0.15) is 0 Å². The Bertz CT molecular complexity index is 769. The molecule has 0 radical (unpaired) electrons. The van der Waals surface area contributed by atoms with Crippen LogP contribution in [0.25, 0.3) is 5.70 Å². The highest BCUT2D eigenvalue weighted by Gasteiger charge is 2.55. The Labute approximate surface area is 150 Å². The third-order valence-corrected chi connectivity index (χ3v) is 6.32. The molecule has 2 heterocycles. The zero-order valence-electron chi connectivity index (χ0n) is 14.6. The molecule has 25 heavy (non-hydrogen) atoms. The summed E-state index contributed by atoms with van der Waals surface area (Å²) in [6.07, 6.45) is 7.53. The van der Waals surface area contributed by atoms with E-state index in [4.69, 9.17) is 4.74 Å². The van der Waals surface area contributed by atoms with E-state index in [-0.39, 0.29) is 5.72 Å². The third kappa shape index (κ3) is 2.35. The molecule has 2 nitrogen and oxygen atoms in total. The average molecular weight is 331 g/mol. The van der Waals surface area contributed by atoms with Crippen LogP contribution in [0, 0.1) is 5.92 Å².